The fourth-order valence-electron chi connectivity index (χ4n) is 1.80. The van der Waals surface area contributed by atoms with Crippen LogP contribution in [-0.4, -0.2) is 16.2 Å². The maximum Gasteiger partial charge on any atom is 0.335 e. The summed E-state index contributed by atoms with van der Waals surface area (Å²) >= 11 is 5.96. The van der Waals surface area contributed by atoms with E-state index in [-0.39, 0.29) is 11.3 Å². The lowest BCUT2D eigenvalue weighted by atomic mass is 10.0. The van der Waals surface area contributed by atoms with Crippen molar-refractivity contribution in [2.45, 2.75) is 6.92 Å². The minimum atomic E-state index is -1.07. The van der Waals surface area contributed by atoms with Crippen molar-refractivity contribution in [3.63, 3.8) is 0 Å². The second-order valence-electron chi connectivity index (χ2n) is 4.05. The quantitative estimate of drug-likeness (QED) is 0.867. The summed E-state index contributed by atoms with van der Waals surface area (Å²) in [4.78, 5) is 10.8. The molecule has 2 aromatic rings. The first-order chi connectivity index (χ1) is 8.47. The maximum absolute atomic E-state index is 10.8. The molecule has 0 heterocycles. The number of aromatic carboxylic acids is 1. The van der Waals surface area contributed by atoms with Crippen molar-refractivity contribution >= 4 is 17.6 Å². The van der Waals surface area contributed by atoms with Gasteiger partial charge in [-0.3, -0.25) is 0 Å². The summed E-state index contributed by atoms with van der Waals surface area (Å²) in [6.07, 6.45) is 0. The SMILES string of the molecule is Cc1cc(Cl)cc(-c2ccc(C(=O)O)cc2O)c1. The number of benzene rings is 2. The van der Waals surface area contributed by atoms with Gasteiger partial charge >= 0.3 is 5.97 Å². The predicted molar refractivity (Wildman–Crippen MR) is 70.2 cm³/mol. The minimum Gasteiger partial charge on any atom is -0.507 e. The van der Waals surface area contributed by atoms with Crippen LogP contribution in [0.5, 0.6) is 5.75 Å². The highest BCUT2D eigenvalue weighted by molar-refractivity contribution is 6.31. The van der Waals surface area contributed by atoms with Gasteiger partial charge < -0.3 is 10.2 Å². The number of halogens is 1. The summed E-state index contributed by atoms with van der Waals surface area (Å²) < 4.78 is 0. The molecule has 4 heteroatoms. The van der Waals surface area contributed by atoms with Crippen LogP contribution in [0, 0.1) is 6.92 Å². The van der Waals surface area contributed by atoms with E-state index in [2.05, 4.69) is 0 Å². The number of carbonyl (C=O) groups is 1. The van der Waals surface area contributed by atoms with Gasteiger partial charge in [-0.1, -0.05) is 17.7 Å². The summed E-state index contributed by atoms with van der Waals surface area (Å²) in [7, 11) is 0. The van der Waals surface area contributed by atoms with Crippen molar-refractivity contribution in [2.75, 3.05) is 0 Å². The van der Waals surface area contributed by atoms with E-state index in [0.717, 1.165) is 11.1 Å². The zero-order chi connectivity index (χ0) is 13.3. The molecule has 3 nitrogen and oxygen atoms in total. The molecule has 2 rings (SSSR count). The number of carboxylic acid groups (broad SMARTS) is 1. The average Bonchev–Trinajstić information content (AvgIpc) is 2.27. The number of phenols is 1. The molecule has 0 aliphatic carbocycles. The molecule has 0 aliphatic rings. The highest BCUT2D eigenvalue weighted by Gasteiger charge is 2.10. The standard InChI is InChI=1S/C14H11ClO3/c1-8-4-10(6-11(15)5-8)12-3-2-9(14(17)18)7-13(12)16/h2-7,16H,1H3,(H,17,18). The molecule has 0 spiro atoms. The Labute approximate surface area is 109 Å². The number of aryl methyl sites for hydroxylation is 1. The Morgan fingerprint density at radius 3 is 2.44 bits per heavy atom. The first-order valence-corrected chi connectivity index (χ1v) is 5.69. The van der Waals surface area contributed by atoms with Gasteiger partial charge in [0.05, 0.1) is 5.56 Å². The molecule has 0 radical (unpaired) electrons. The molecule has 0 amide bonds. The lowest BCUT2D eigenvalue weighted by Crippen LogP contribution is -1.95. The van der Waals surface area contributed by atoms with E-state index in [1.54, 1.807) is 12.1 Å². The van der Waals surface area contributed by atoms with Gasteiger partial charge in [-0.05, 0) is 48.4 Å². The van der Waals surface area contributed by atoms with Crippen LogP contribution in [0.25, 0.3) is 11.1 Å². The van der Waals surface area contributed by atoms with Crippen LogP contribution in [-0.2, 0) is 0 Å². The third-order valence-corrected chi connectivity index (χ3v) is 2.82. The molecular weight excluding hydrogens is 252 g/mol. The van der Waals surface area contributed by atoms with E-state index >= 15 is 0 Å². The topological polar surface area (TPSA) is 57.5 Å². The van der Waals surface area contributed by atoms with E-state index in [4.69, 9.17) is 16.7 Å². The van der Waals surface area contributed by atoms with Gasteiger partial charge in [-0.2, -0.15) is 0 Å². The van der Waals surface area contributed by atoms with E-state index in [0.29, 0.717) is 10.6 Å². The second kappa shape index (κ2) is 4.70. The van der Waals surface area contributed by atoms with E-state index in [1.165, 1.54) is 12.1 Å². The van der Waals surface area contributed by atoms with E-state index in [1.807, 2.05) is 19.1 Å². The zero-order valence-electron chi connectivity index (χ0n) is 9.64. The third kappa shape index (κ3) is 2.46. The Morgan fingerprint density at radius 2 is 1.89 bits per heavy atom. The number of carboxylic acids is 1. The zero-order valence-corrected chi connectivity index (χ0v) is 10.4. The van der Waals surface area contributed by atoms with Crippen molar-refractivity contribution in [2.24, 2.45) is 0 Å². The normalized spacial score (nSPS) is 10.3. The van der Waals surface area contributed by atoms with Gasteiger partial charge in [0.1, 0.15) is 5.75 Å². The van der Waals surface area contributed by atoms with Gasteiger partial charge in [-0.15, -0.1) is 0 Å². The monoisotopic (exact) mass is 262 g/mol. The number of rotatable bonds is 2. The van der Waals surface area contributed by atoms with Crippen LogP contribution >= 0.6 is 11.6 Å². The number of aromatic hydroxyl groups is 1. The summed E-state index contributed by atoms with van der Waals surface area (Å²) in [5, 5.41) is 19.3. The van der Waals surface area contributed by atoms with Crippen LogP contribution in [0.4, 0.5) is 0 Å². The first-order valence-electron chi connectivity index (χ1n) is 5.31. The number of hydrogen-bond acceptors (Lipinski definition) is 2. The Hall–Kier alpha value is -2.00. The molecule has 0 atom stereocenters. The Bertz CT molecular complexity index is 600. The van der Waals surface area contributed by atoms with Crippen LogP contribution in [0.15, 0.2) is 36.4 Å². The fourth-order valence-corrected chi connectivity index (χ4v) is 2.09. The van der Waals surface area contributed by atoms with E-state index in [9.17, 15) is 9.90 Å². The van der Waals surface area contributed by atoms with E-state index < -0.39 is 5.97 Å². The first kappa shape index (κ1) is 12.5. The predicted octanol–water partition coefficient (Wildman–Crippen LogP) is 3.72. The maximum atomic E-state index is 10.8. The van der Waals surface area contributed by atoms with Gasteiger partial charge in [0.15, 0.2) is 0 Å². The lowest BCUT2D eigenvalue weighted by molar-refractivity contribution is 0.0696. The molecule has 0 unspecified atom stereocenters. The molecular formula is C14H11ClO3. The summed E-state index contributed by atoms with van der Waals surface area (Å²) in [5.41, 5.74) is 2.34. The fraction of sp³-hybridized carbons (Fsp3) is 0.0714. The molecule has 0 bridgehead atoms. The number of phenolic OH excluding ortho intramolecular Hbond substituents is 1. The average molecular weight is 263 g/mol. The molecule has 0 aliphatic heterocycles. The Kier molecular flexibility index (Phi) is 3.26. The molecule has 0 saturated heterocycles. The molecule has 0 saturated carbocycles. The minimum absolute atomic E-state index is 0.0509. The van der Waals surface area contributed by atoms with Crippen LogP contribution in [0.3, 0.4) is 0 Å². The highest BCUT2D eigenvalue weighted by atomic mass is 35.5. The van der Waals surface area contributed by atoms with Crippen LogP contribution in [0.1, 0.15) is 15.9 Å². The van der Waals surface area contributed by atoms with Gasteiger partial charge in [0.2, 0.25) is 0 Å². The van der Waals surface area contributed by atoms with Crippen molar-refractivity contribution in [3.05, 3.63) is 52.5 Å². The highest BCUT2D eigenvalue weighted by Crippen LogP contribution is 2.32. The van der Waals surface area contributed by atoms with Crippen LogP contribution in [0.2, 0.25) is 5.02 Å². The molecule has 0 aromatic heterocycles. The molecule has 92 valence electrons. The largest absolute Gasteiger partial charge is 0.507 e. The van der Waals surface area contributed by atoms with Crippen molar-refractivity contribution in [1.82, 2.24) is 0 Å². The lowest BCUT2D eigenvalue weighted by Gasteiger charge is -2.07. The van der Waals surface area contributed by atoms with Crippen molar-refractivity contribution in [3.8, 4) is 16.9 Å². The second-order valence-corrected chi connectivity index (χ2v) is 4.49. The van der Waals surface area contributed by atoms with Gasteiger partial charge in [0.25, 0.3) is 0 Å². The summed E-state index contributed by atoms with van der Waals surface area (Å²) in [6.45, 7) is 1.90. The summed E-state index contributed by atoms with van der Waals surface area (Å²) in [5.74, 6) is -1.14. The molecule has 18 heavy (non-hydrogen) atoms. The Balaban J connectivity index is 2.54. The van der Waals surface area contributed by atoms with Gasteiger partial charge in [0, 0.05) is 10.6 Å². The molecule has 2 N–H and O–H groups in total. The van der Waals surface area contributed by atoms with Gasteiger partial charge in [-0.25, -0.2) is 4.79 Å². The van der Waals surface area contributed by atoms with Crippen molar-refractivity contribution in [1.29, 1.82) is 0 Å². The summed E-state index contributed by atoms with van der Waals surface area (Å²) in [6, 6.07) is 9.67. The van der Waals surface area contributed by atoms with Crippen LogP contribution < -0.4 is 0 Å². The Morgan fingerprint density at radius 1 is 1.17 bits per heavy atom. The third-order valence-electron chi connectivity index (χ3n) is 2.60. The number of hydrogen-bond donors (Lipinski definition) is 2. The molecule has 2 aromatic carbocycles. The molecule has 0 fully saturated rings. The van der Waals surface area contributed by atoms with Crippen molar-refractivity contribution < 1.29 is 15.0 Å². The smallest absolute Gasteiger partial charge is 0.335 e.